The minimum absolute atomic E-state index is 0.0284. The number of aromatic nitrogens is 1. The fourth-order valence-corrected chi connectivity index (χ4v) is 2.36. The summed E-state index contributed by atoms with van der Waals surface area (Å²) in [6, 6.07) is 4.07. The fraction of sp³-hybridized carbons (Fsp3) is 0.571. The molecule has 0 bridgehead atoms. The van der Waals surface area contributed by atoms with Crippen LogP contribution in [0.2, 0.25) is 0 Å². The third-order valence-corrected chi connectivity index (χ3v) is 3.49. The highest BCUT2D eigenvalue weighted by atomic mass is 16.5. The van der Waals surface area contributed by atoms with E-state index in [9.17, 15) is 4.79 Å². The van der Waals surface area contributed by atoms with Crippen molar-refractivity contribution in [1.29, 1.82) is 0 Å². The highest BCUT2D eigenvalue weighted by Gasteiger charge is 2.24. The van der Waals surface area contributed by atoms with Crippen LogP contribution in [0.1, 0.15) is 29.6 Å². The van der Waals surface area contributed by atoms with E-state index >= 15 is 0 Å². The van der Waals surface area contributed by atoms with Crippen molar-refractivity contribution in [3.8, 4) is 0 Å². The molecule has 5 nitrogen and oxygen atoms in total. The largest absolute Gasteiger partial charge is 0.381 e. The van der Waals surface area contributed by atoms with Crippen molar-refractivity contribution in [3.63, 3.8) is 0 Å². The molecule has 1 aliphatic rings. The summed E-state index contributed by atoms with van der Waals surface area (Å²) >= 11 is 0. The van der Waals surface area contributed by atoms with Gasteiger partial charge in [-0.1, -0.05) is 0 Å². The first-order valence-corrected chi connectivity index (χ1v) is 6.57. The summed E-state index contributed by atoms with van der Waals surface area (Å²) < 4.78 is 5.35. The van der Waals surface area contributed by atoms with Crippen molar-refractivity contribution in [3.05, 3.63) is 23.9 Å². The Morgan fingerprint density at radius 3 is 2.74 bits per heavy atom. The number of carbonyl (C=O) groups is 1. The Balaban J connectivity index is 1.94. The molecule has 1 heterocycles. The molecule has 2 unspecified atom stereocenters. The topological polar surface area (TPSA) is 54.5 Å². The van der Waals surface area contributed by atoms with Crippen LogP contribution in [0.25, 0.3) is 0 Å². The van der Waals surface area contributed by atoms with Gasteiger partial charge in [0.25, 0.3) is 5.91 Å². The van der Waals surface area contributed by atoms with Gasteiger partial charge < -0.3 is 15.0 Å². The molecular weight excluding hydrogens is 242 g/mol. The van der Waals surface area contributed by atoms with Crippen molar-refractivity contribution < 1.29 is 9.53 Å². The van der Waals surface area contributed by atoms with Gasteiger partial charge in [-0.25, -0.2) is 4.98 Å². The molecule has 19 heavy (non-hydrogen) atoms. The molecule has 1 aliphatic carbocycles. The Morgan fingerprint density at radius 2 is 2.21 bits per heavy atom. The second-order valence-corrected chi connectivity index (χ2v) is 5.14. The van der Waals surface area contributed by atoms with E-state index in [-0.39, 0.29) is 5.91 Å². The molecule has 1 N–H and O–H groups in total. The second kappa shape index (κ2) is 6.02. The number of hydrogen-bond acceptors (Lipinski definition) is 4. The molecule has 0 spiro atoms. The number of pyridine rings is 1. The van der Waals surface area contributed by atoms with E-state index in [1.165, 1.54) is 0 Å². The molecule has 0 aromatic carbocycles. The number of anilines is 1. The molecule has 0 aliphatic heterocycles. The maximum absolute atomic E-state index is 11.7. The van der Waals surface area contributed by atoms with Crippen molar-refractivity contribution in [2.75, 3.05) is 26.5 Å². The predicted octanol–water partition coefficient (Wildman–Crippen LogP) is 1.76. The fourth-order valence-electron chi connectivity index (χ4n) is 2.36. The smallest absolute Gasteiger partial charge is 0.254 e. The van der Waals surface area contributed by atoms with Crippen LogP contribution in [-0.2, 0) is 4.74 Å². The Labute approximate surface area is 114 Å². The first-order valence-electron chi connectivity index (χ1n) is 6.57. The van der Waals surface area contributed by atoms with E-state index in [0.29, 0.717) is 17.7 Å². The maximum Gasteiger partial charge on any atom is 0.254 e. The van der Waals surface area contributed by atoms with Gasteiger partial charge in [0, 0.05) is 33.4 Å². The number of nitrogens with zero attached hydrogens (tertiary/aromatic N) is 2. The summed E-state index contributed by atoms with van der Waals surface area (Å²) in [5.74, 6) is 0.788. The quantitative estimate of drug-likeness (QED) is 0.899. The summed E-state index contributed by atoms with van der Waals surface area (Å²) in [7, 11) is 5.22. The van der Waals surface area contributed by atoms with Crippen LogP contribution in [-0.4, -0.2) is 49.1 Å². The first-order chi connectivity index (χ1) is 9.10. The maximum atomic E-state index is 11.7. The number of nitrogens with one attached hydrogen (secondary N) is 1. The van der Waals surface area contributed by atoms with Crippen LogP contribution in [0.3, 0.4) is 0 Å². The number of ether oxygens (including phenoxy) is 1. The lowest BCUT2D eigenvalue weighted by Crippen LogP contribution is -2.22. The lowest BCUT2D eigenvalue weighted by molar-refractivity contribution is 0.0827. The van der Waals surface area contributed by atoms with Crippen molar-refractivity contribution in [1.82, 2.24) is 9.88 Å². The van der Waals surface area contributed by atoms with Gasteiger partial charge in [0.05, 0.1) is 11.7 Å². The summed E-state index contributed by atoms with van der Waals surface area (Å²) in [5.41, 5.74) is 0.608. The van der Waals surface area contributed by atoms with Crippen LogP contribution in [0.4, 0.5) is 5.82 Å². The molecule has 1 aromatic heterocycles. The molecule has 1 fully saturated rings. The van der Waals surface area contributed by atoms with Gasteiger partial charge in [0.15, 0.2) is 0 Å². The van der Waals surface area contributed by atoms with Crippen molar-refractivity contribution in [2.45, 2.75) is 31.4 Å². The highest BCUT2D eigenvalue weighted by molar-refractivity contribution is 5.93. The van der Waals surface area contributed by atoms with Gasteiger partial charge in [0.2, 0.25) is 0 Å². The number of hydrogen-bond donors (Lipinski definition) is 1. The van der Waals surface area contributed by atoms with Gasteiger partial charge in [0.1, 0.15) is 5.82 Å². The average molecular weight is 263 g/mol. The van der Waals surface area contributed by atoms with Gasteiger partial charge in [-0.3, -0.25) is 4.79 Å². The number of carbonyl (C=O) groups excluding carboxylic acids is 1. The number of methoxy groups -OCH3 is 1. The van der Waals surface area contributed by atoms with E-state index < -0.39 is 0 Å². The summed E-state index contributed by atoms with van der Waals surface area (Å²) in [6.45, 7) is 0. The Morgan fingerprint density at radius 1 is 1.42 bits per heavy atom. The molecule has 5 heteroatoms. The minimum Gasteiger partial charge on any atom is -0.381 e. The zero-order valence-corrected chi connectivity index (χ0v) is 11.7. The lowest BCUT2D eigenvalue weighted by atomic mass is 10.2. The number of amides is 1. The Kier molecular flexibility index (Phi) is 4.37. The molecule has 1 aromatic rings. The van der Waals surface area contributed by atoms with Crippen molar-refractivity contribution >= 4 is 11.7 Å². The zero-order valence-electron chi connectivity index (χ0n) is 11.7. The Bertz CT molecular complexity index is 431. The molecule has 1 saturated carbocycles. The molecule has 104 valence electrons. The third kappa shape index (κ3) is 3.44. The molecule has 1 amide bonds. The molecule has 0 saturated heterocycles. The predicted molar refractivity (Wildman–Crippen MR) is 74.3 cm³/mol. The summed E-state index contributed by atoms with van der Waals surface area (Å²) in [5, 5.41) is 3.38. The van der Waals surface area contributed by atoms with Crippen LogP contribution in [0.15, 0.2) is 18.3 Å². The summed E-state index contributed by atoms with van der Waals surface area (Å²) in [4.78, 5) is 17.6. The highest BCUT2D eigenvalue weighted by Crippen LogP contribution is 2.24. The number of rotatable bonds is 4. The first kappa shape index (κ1) is 13.8. The molecule has 2 atom stereocenters. The van der Waals surface area contributed by atoms with E-state index in [2.05, 4.69) is 10.3 Å². The Hall–Kier alpha value is -1.62. The average Bonchev–Trinajstić information content (AvgIpc) is 2.86. The normalized spacial score (nSPS) is 22.3. The third-order valence-electron chi connectivity index (χ3n) is 3.49. The van der Waals surface area contributed by atoms with Gasteiger partial charge in [-0.05, 0) is 31.4 Å². The van der Waals surface area contributed by atoms with Crippen molar-refractivity contribution in [2.24, 2.45) is 0 Å². The van der Waals surface area contributed by atoms with Crippen LogP contribution < -0.4 is 5.32 Å². The van der Waals surface area contributed by atoms with E-state index in [1.54, 1.807) is 38.4 Å². The van der Waals surface area contributed by atoms with Crippen LogP contribution in [0.5, 0.6) is 0 Å². The van der Waals surface area contributed by atoms with Crippen LogP contribution in [0, 0.1) is 0 Å². The summed E-state index contributed by atoms with van der Waals surface area (Å²) in [6.07, 6.45) is 5.17. The van der Waals surface area contributed by atoms with Gasteiger partial charge in [-0.15, -0.1) is 0 Å². The molecular formula is C14H21N3O2. The standard InChI is InChI=1S/C14H21N3O2/c1-17(2)14(18)10-4-7-13(15-9-10)16-11-5-6-12(8-11)19-3/h4,7,9,11-12H,5-6,8H2,1-3H3,(H,15,16). The van der Waals surface area contributed by atoms with Gasteiger partial charge >= 0.3 is 0 Å². The lowest BCUT2D eigenvalue weighted by Gasteiger charge is -2.14. The van der Waals surface area contributed by atoms with Gasteiger partial charge in [-0.2, -0.15) is 0 Å². The molecule has 0 radical (unpaired) electrons. The van der Waals surface area contributed by atoms with E-state index in [4.69, 9.17) is 4.74 Å². The van der Waals surface area contributed by atoms with E-state index in [0.717, 1.165) is 25.1 Å². The van der Waals surface area contributed by atoms with Crippen LogP contribution >= 0.6 is 0 Å². The minimum atomic E-state index is -0.0284. The second-order valence-electron chi connectivity index (χ2n) is 5.14. The van der Waals surface area contributed by atoms with E-state index in [1.807, 2.05) is 6.07 Å². The SMILES string of the molecule is COC1CCC(Nc2ccc(C(=O)N(C)C)cn2)C1. The molecule has 2 rings (SSSR count). The zero-order chi connectivity index (χ0) is 13.8. The monoisotopic (exact) mass is 263 g/mol.